The van der Waals surface area contributed by atoms with Crippen LogP contribution < -0.4 is 5.32 Å². The van der Waals surface area contributed by atoms with Crippen LogP contribution in [-0.2, 0) is 0 Å². The van der Waals surface area contributed by atoms with Crippen LogP contribution in [0.1, 0.15) is 44.9 Å². The fourth-order valence-corrected chi connectivity index (χ4v) is 2.31. The number of pyridine rings is 1. The third-order valence-corrected chi connectivity index (χ3v) is 3.25. The molecule has 1 fully saturated rings. The number of rotatable bonds is 2. The van der Waals surface area contributed by atoms with Crippen LogP contribution in [0.5, 0.6) is 0 Å². The summed E-state index contributed by atoms with van der Waals surface area (Å²) in [5.74, 6) is -1.06. The second-order valence-corrected chi connectivity index (χ2v) is 4.67. The summed E-state index contributed by atoms with van der Waals surface area (Å²) < 4.78 is 26.1. The highest BCUT2D eigenvalue weighted by Crippen LogP contribution is 2.21. The van der Waals surface area contributed by atoms with E-state index in [0.717, 1.165) is 25.1 Å². The first-order valence-corrected chi connectivity index (χ1v) is 6.33. The van der Waals surface area contributed by atoms with Gasteiger partial charge in [0.2, 0.25) is 0 Å². The Balaban J connectivity index is 1.98. The molecule has 1 saturated carbocycles. The summed E-state index contributed by atoms with van der Waals surface area (Å²) in [4.78, 5) is 3.76. The predicted octanol–water partition coefficient (Wildman–Crippen LogP) is 3.88. The molecule has 1 aromatic rings. The van der Waals surface area contributed by atoms with E-state index in [0.29, 0.717) is 0 Å². The minimum atomic E-state index is -0.634. The zero-order chi connectivity index (χ0) is 12.1. The Hall–Kier alpha value is -1.19. The van der Waals surface area contributed by atoms with Crippen LogP contribution in [0, 0.1) is 11.6 Å². The lowest BCUT2D eigenvalue weighted by atomic mass is 9.97. The quantitative estimate of drug-likeness (QED) is 0.848. The largest absolute Gasteiger partial charge is 0.365 e. The molecule has 0 atom stereocenters. The van der Waals surface area contributed by atoms with Crippen LogP contribution >= 0.6 is 0 Å². The fraction of sp³-hybridized carbons (Fsp3) is 0.615. The molecule has 2 nitrogen and oxygen atoms in total. The molecule has 0 bridgehead atoms. The van der Waals surface area contributed by atoms with Crippen molar-refractivity contribution in [2.24, 2.45) is 0 Å². The maximum atomic E-state index is 13.4. The van der Waals surface area contributed by atoms with Gasteiger partial charge < -0.3 is 5.32 Å². The van der Waals surface area contributed by atoms with Crippen molar-refractivity contribution in [1.29, 1.82) is 0 Å². The van der Waals surface area contributed by atoms with E-state index in [2.05, 4.69) is 10.3 Å². The normalized spacial score (nSPS) is 18.5. The summed E-state index contributed by atoms with van der Waals surface area (Å²) in [5.41, 5.74) is 0. The first-order chi connectivity index (χ1) is 8.25. The zero-order valence-electron chi connectivity index (χ0n) is 9.88. The topological polar surface area (TPSA) is 24.9 Å². The number of hydrogen-bond acceptors (Lipinski definition) is 2. The van der Waals surface area contributed by atoms with E-state index in [1.54, 1.807) is 0 Å². The summed E-state index contributed by atoms with van der Waals surface area (Å²) in [6, 6.07) is 1.14. The van der Waals surface area contributed by atoms with E-state index in [1.165, 1.54) is 32.1 Å². The van der Waals surface area contributed by atoms with Gasteiger partial charge in [-0.25, -0.2) is 13.8 Å². The van der Waals surface area contributed by atoms with E-state index in [4.69, 9.17) is 0 Å². The molecule has 0 spiro atoms. The molecule has 0 aliphatic heterocycles. The first kappa shape index (κ1) is 12.3. The van der Waals surface area contributed by atoms with Crippen molar-refractivity contribution < 1.29 is 8.78 Å². The van der Waals surface area contributed by atoms with E-state index in [1.807, 2.05) is 0 Å². The molecule has 4 heteroatoms. The molecule has 1 heterocycles. The number of hydrogen-bond donors (Lipinski definition) is 1. The lowest BCUT2D eigenvalue weighted by molar-refractivity contribution is 0.468. The SMILES string of the molecule is Fc1cnc(NC2CCCCCCC2)c(F)c1. The Bertz CT molecular complexity index is 360. The summed E-state index contributed by atoms with van der Waals surface area (Å²) >= 11 is 0. The summed E-state index contributed by atoms with van der Waals surface area (Å²) in [6.07, 6.45) is 9.26. The van der Waals surface area contributed by atoms with Gasteiger partial charge in [0.1, 0.15) is 5.82 Å². The number of anilines is 1. The van der Waals surface area contributed by atoms with Crippen LogP contribution in [0.3, 0.4) is 0 Å². The standard InChI is InChI=1S/C13H18F2N2/c14-10-8-12(15)13(16-9-10)17-11-6-4-2-1-3-5-7-11/h8-9,11H,1-7H2,(H,16,17). The molecule has 1 aliphatic rings. The molecule has 2 rings (SSSR count). The highest BCUT2D eigenvalue weighted by molar-refractivity contribution is 5.36. The fourth-order valence-electron chi connectivity index (χ4n) is 2.31. The van der Waals surface area contributed by atoms with Gasteiger partial charge in [-0.1, -0.05) is 32.1 Å². The van der Waals surface area contributed by atoms with Gasteiger partial charge in [0.15, 0.2) is 11.6 Å². The van der Waals surface area contributed by atoms with Crippen LogP contribution in [0.15, 0.2) is 12.3 Å². The monoisotopic (exact) mass is 240 g/mol. The average Bonchev–Trinajstić information content (AvgIpc) is 2.25. The molecule has 94 valence electrons. The summed E-state index contributed by atoms with van der Waals surface area (Å²) in [6.45, 7) is 0. The van der Waals surface area contributed by atoms with Gasteiger partial charge >= 0.3 is 0 Å². The smallest absolute Gasteiger partial charge is 0.168 e. The number of halogens is 2. The molecule has 1 aliphatic carbocycles. The minimum Gasteiger partial charge on any atom is -0.365 e. The average molecular weight is 240 g/mol. The van der Waals surface area contributed by atoms with Gasteiger partial charge in [-0.2, -0.15) is 0 Å². The Morgan fingerprint density at radius 2 is 1.71 bits per heavy atom. The highest BCUT2D eigenvalue weighted by atomic mass is 19.1. The van der Waals surface area contributed by atoms with Crippen LogP contribution in [0.2, 0.25) is 0 Å². The van der Waals surface area contributed by atoms with Crippen molar-refractivity contribution in [2.45, 2.75) is 51.0 Å². The Morgan fingerprint density at radius 1 is 1.06 bits per heavy atom. The van der Waals surface area contributed by atoms with Crippen LogP contribution in [-0.4, -0.2) is 11.0 Å². The number of nitrogens with zero attached hydrogens (tertiary/aromatic N) is 1. The van der Waals surface area contributed by atoms with Gasteiger partial charge in [-0.05, 0) is 12.8 Å². The van der Waals surface area contributed by atoms with E-state index in [-0.39, 0.29) is 11.9 Å². The summed E-state index contributed by atoms with van der Waals surface area (Å²) in [7, 11) is 0. The van der Waals surface area contributed by atoms with E-state index >= 15 is 0 Å². The van der Waals surface area contributed by atoms with Crippen molar-refractivity contribution in [1.82, 2.24) is 4.98 Å². The second kappa shape index (κ2) is 5.94. The number of aromatic nitrogens is 1. The van der Waals surface area contributed by atoms with Crippen molar-refractivity contribution in [3.8, 4) is 0 Å². The van der Waals surface area contributed by atoms with Crippen LogP contribution in [0.4, 0.5) is 14.6 Å². The van der Waals surface area contributed by atoms with Crippen molar-refractivity contribution in [2.75, 3.05) is 5.32 Å². The van der Waals surface area contributed by atoms with Gasteiger partial charge in [0, 0.05) is 12.1 Å². The highest BCUT2D eigenvalue weighted by Gasteiger charge is 2.14. The second-order valence-electron chi connectivity index (χ2n) is 4.67. The Kier molecular flexibility index (Phi) is 4.29. The van der Waals surface area contributed by atoms with Crippen LogP contribution in [0.25, 0.3) is 0 Å². The Morgan fingerprint density at radius 3 is 2.35 bits per heavy atom. The van der Waals surface area contributed by atoms with Gasteiger partial charge in [-0.15, -0.1) is 0 Å². The predicted molar refractivity (Wildman–Crippen MR) is 63.9 cm³/mol. The lowest BCUT2D eigenvalue weighted by Gasteiger charge is -2.21. The molecule has 17 heavy (non-hydrogen) atoms. The molecular formula is C13H18F2N2. The molecular weight excluding hydrogens is 222 g/mol. The third-order valence-electron chi connectivity index (χ3n) is 3.25. The van der Waals surface area contributed by atoms with Gasteiger partial charge in [0.05, 0.1) is 6.20 Å². The van der Waals surface area contributed by atoms with Crippen molar-refractivity contribution in [3.05, 3.63) is 23.9 Å². The third kappa shape index (κ3) is 3.65. The van der Waals surface area contributed by atoms with Gasteiger partial charge in [0.25, 0.3) is 0 Å². The van der Waals surface area contributed by atoms with Crippen molar-refractivity contribution in [3.63, 3.8) is 0 Å². The summed E-state index contributed by atoms with van der Waals surface area (Å²) in [5, 5.41) is 3.09. The zero-order valence-corrected chi connectivity index (χ0v) is 9.88. The van der Waals surface area contributed by atoms with Crippen molar-refractivity contribution >= 4 is 5.82 Å². The Labute approximate surface area is 100 Å². The molecule has 0 radical (unpaired) electrons. The molecule has 0 aromatic carbocycles. The molecule has 0 amide bonds. The molecule has 0 unspecified atom stereocenters. The minimum absolute atomic E-state index is 0.178. The maximum absolute atomic E-state index is 13.4. The number of nitrogens with one attached hydrogen (secondary N) is 1. The molecule has 1 aromatic heterocycles. The lowest BCUT2D eigenvalue weighted by Crippen LogP contribution is -2.22. The molecule has 0 saturated heterocycles. The van der Waals surface area contributed by atoms with Gasteiger partial charge in [-0.3, -0.25) is 0 Å². The first-order valence-electron chi connectivity index (χ1n) is 6.33. The van der Waals surface area contributed by atoms with E-state index < -0.39 is 11.6 Å². The van der Waals surface area contributed by atoms with E-state index in [9.17, 15) is 8.78 Å². The maximum Gasteiger partial charge on any atom is 0.168 e. The molecule has 1 N–H and O–H groups in total.